The summed E-state index contributed by atoms with van der Waals surface area (Å²) >= 11 is 0. The Balaban J connectivity index is 2.78. The van der Waals surface area contributed by atoms with Crippen LogP contribution in [-0.4, -0.2) is 4.21 Å². The van der Waals surface area contributed by atoms with Gasteiger partial charge in [-0.15, -0.1) is 0 Å². The molecule has 1 atom stereocenters. The number of benzene rings is 1. The van der Waals surface area contributed by atoms with Crippen molar-refractivity contribution in [2.75, 3.05) is 0 Å². The highest BCUT2D eigenvalue weighted by Gasteiger charge is 1.97. The Morgan fingerprint density at radius 2 is 1.92 bits per heavy atom. The van der Waals surface area contributed by atoms with E-state index in [4.69, 9.17) is 0 Å². The minimum atomic E-state index is -0.972. The fourth-order valence-electron chi connectivity index (χ4n) is 0.935. The van der Waals surface area contributed by atoms with E-state index >= 15 is 0 Å². The molecule has 0 fully saturated rings. The molecule has 1 nitrogen and oxygen atoms in total. The lowest BCUT2D eigenvalue weighted by molar-refractivity contribution is 0.688. The van der Waals surface area contributed by atoms with Crippen LogP contribution in [0.5, 0.6) is 0 Å². The molecule has 0 saturated heterocycles. The zero-order valence-electron chi connectivity index (χ0n) is 7.99. The SMILES string of the molecule is CC/C=C/[S@@](=O)c1ccc(C)cc1. The summed E-state index contributed by atoms with van der Waals surface area (Å²) in [6, 6.07) is 7.77. The first-order valence-corrected chi connectivity index (χ1v) is 5.59. The average molecular weight is 194 g/mol. The van der Waals surface area contributed by atoms with Gasteiger partial charge in [0.2, 0.25) is 0 Å². The van der Waals surface area contributed by atoms with E-state index in [-0.39, 0.29) is 0 Å². The molecule has 0 N–H and O–H groups in total. The van der Waals surface area contributed by atoms with Crippen LogP contribution in [0.1, 0.15) is 18.9 Å². The maximum atomic E-state index is 11.5. The fourth-order valence-corrected chi connectivity index (χ4v) is 1.86. The number of allylic oxidation sites excluding steroid dienone is 1. The Morgan fingerprint density at radius 1 is 1.31 bits per heavy atom. The van der Waals surface area contributed by atoms with Gasteiger partial charge in [-0.05, 0) is 25.5 Å². The van der Waals surface area contributed by atoms with Crippen molar-refractivity contribution in [3.05, 3.63) is 41.3 Å². The Morgan fingerprint density at radius 3 is 2.46 bits per heavy atom. The van der Waals surface area contributed by atoms with E-state index in [0.29, 0.717) is 0 Å². The zero-order valence-corrected chi connectivity index (χ0v) is 8.80. The predicted octanol–water partition coefficient (Wildman–Crippen LogP) is 3.03. The second kappa shape index (κ2) is 4.97. The van der Waals surface area contributed by atoms with Gasteiger partial charge in [0.25, 0.3) is 0 Å². The van der Waals surface area contributed by atoms with Gasteiger partial charge >= 0.3 is 0 Å². The Bertz CT molecular complexity index is 311. The van der Waals surface area contributed by atoms with Crippen molar-refractivity contribution < 1.29 is 4.21 Å². The van der Waals surface area contributed by atoms with Crippen molar-refractivity contribution >= 4 is 10.8 Å². The lowest BCUT2D eigenvalue weighted by Crippen LogP contribution is -1.85. The van der Waals surface area contributed by atoms with Crippen LogP contribution in [0.15, 0.2) is 40.6 Å². The van der Waals surface area contributed by atoms with Crippen LogP contribution in [0.4, 0.5) is 0 Å². The van der Waals surface area contributed by atoms with Crippen LogP contribution in [-0.2, 0) is 10.8 Å². The van der Waals surface area contributed by atoms with Crippen LogP contribution in [0.3, 0.4) is 0 Å². The van der Waals surface area contributed by atoms with Crippen molar-refractivity contribution in [3.63, 3.8) is 0 Å². The maximum absolute atomic E-state index is 11.5. The van der Waals surface area contributed by atoms with Gasteiger partial charge in [-0.2, -0.15) is 0 Å². The van der Waals surface area contributed by atoms with E-state index in [2.05, 4.69) is 0 Å². The summed E-state index contributed by atoms with van der Waals surface area (Å²) in [6.45, 7) is 4.05. The molecular formula is C11H14OS. The molecule has 0 unspecified atom stereocenters. The summed E-state index contributed by atoms with van der Waals surface area (Å²) in [5.41, 5.74) is 1.19. The molecule has 2 heteroatoms. The first kappa shape index (κ1) is 10.2. The molecule has 0 bridgehead atoms. The lowest BCUT2D eigenvalue weighted by Gasteiger charge is -1.96. The molecule has 13 heavy (non-hydrogen) atoms. The highest BCUT2D eigenvalue weighted by Crippen LogP contribution is 2.09. The van der Waals surface area contributed by atoms with Crippen LogP contribution in [0.25, 0.3) is 0 Å². The predicted molar refractivity (Wildman–Crippen MR) is 57.0 cm³/mol. The molecular weight excluding hydrogens is 180 g/mol. The quantitative estimate of drug-likeness (QED) is 0.723. The third-order valence-corrected chi connectivity index (χ3v) is 2.89. The maximum Gasteiger partial charge on any atom is 0.0772 e. The molecule has 0 aliphatic carbocycles. The summed E-state index contributed by atoms with van der Waals surface area (Å²) in [4.78, 5) is 0.871. The second-order valence-electron chi connectivity index (χ2n) is 2.89. The Labute approximate surface area is 81.9 Å². The second-order valence-corrected chi connectivity index (χ2v) is 4.23. The molecule has 0 aliphatic heterocycles. The highest BCUT2D eigenvalue weighted by atomic mass is 32.2. The largest absolute Gasteiger partial charge is 0.250 e. The molecule has 1 aromatic carbocycles. The van der Waals surface area contributed by atoms with Gasteiger partial charge in [0.05, 0.1) is 10.8 Å². The van der Waals surface area contributed by atoms with Crippen molar-refractivity contribution in [1.82, 2.24) is 0 Å². The molecule has 0 amide bonds. The van der Waals surface area contributed by atoms with E-state index in [1.165, 1.54) is 5.56 Å². The van der Waals surface area contributed by atoms with E-state index in [0.717, 1.165) is 11.3 Å². The summed E-state index contributed by atoms with van der Waals surface area (Å²) in [5.74, 6) is 0. The number of hydrogen-bond donors (Lipinski definition) is 0. The van der Waals surface area contributed by atoms with Crippen molar-refractivity contribution in [1.29, 1.82) is 0 Å². The topological polar surface area (TPSA) is 17.1 Å². The van der Waals surface area contributed by atoms with E-state index < -0.39 is 10.8 Å². The van der Waals surface area contributed by atoms with E-state index in [9.17, 15) is 4.21 Å². The molecule has 0 aromatic heterocycles. The zero-order chi connectivity index (χ0) is 9.68. The smallest absolute Gasteiger partial charge is 0.0772 e. The first-order chi connectivity index (χ1) is 6.24. The van der Waals surface area contributed by atoms with E-state index in [1.807, 2.05) is 44.2 Å². The van der Waals surface area contributed by atoms with Gasteiger partial charge in [-0.25, -0.2) is 4.21 Å². The standard InChI is InChI=1S/C11H14OS/c1-3-4-9-13(12)11-7-5-10(2)6-8-11/h4-9H,3H2,1-2H3/b9-4+/t13-/m1/s1. The molecule has 70 valence electrons. The molecule has 1 rings (SSSR count). The number of rotatable bonds is 3. The lowest BCUT2D eigenvalue weighted by atomic mass is 10.2. The summed E-state index contributed by atoms with van der Waals surface area (Å²) in [7, 11) is -0.972. The van der Waals surface area contributed by atoms with Gasteiger partial charge < -0.3 is 0 Å². The highest BCUT2D eigenvalue weighted by molar-refractivity contribution is 7.88. The molecule has 0 saturated carbocycles. The van der Waals surface area contributed by atoms with Gasteiger partial charge in [0, 0.05) is 10.3 Å². The molecule has 0 radical (unpaired) electrons. The first-order valence-electron chi connectivity index (χ1n) is 4.38. The number of hydrogen-bond acceptors (Lipinski definition) is 1. The van der Waals surface area contributed by atoms with Crippen LogP contribution >= 0.6 is 0 Å². The average Bonchev–Trinajstić information content (AvgIpc) is 2.15. The fraction of sp³-hybridized carbons (Fsp3) is 0.273. The third-order valence-electron chi connectivity index (χ3n) is 1.71. The van der Waals surface area contributed by atoms with Gasteiger partial charge in [0.15, 0.2) is 0 Å². The number of aryl methyl sites for hydroxylation is 1. The Hall–Kier alpha value is -0.890. The normalized spacial score (nSPS) is 13.4. The summed E-state index contributed by atoms with van der Waals surface area (Å²) in [5, 5.41) is 1.74. The van der Waals surface area contributed by atoms with Crippen molar-refractivity contribution in [2.45, 2.75) is 25.2 Å². The minimum absolute atomic E-state index is 0.871. The van der Waals surface area contributed by atoms with Crippen LogP contribution in [0.2, 0.25) is 0 Å². The van der Waals surface area contributed by atoms with Crippen molar-refractivity contribution in [3.8, 4) is 0 Å². The molecule has 0 spiro atoms. The summed E-state index contributed by atoms with van der Waals surface area (Å²) < 4.78 is 11.5. The minimum Gasteiger partial charge on any atom is -0.250 e. The third kappa shape index (κ3) is 3.15. The molecule has 1 aromatic rings. The van der Waals surface area contributed by atoms with Crippen molar-refractivity contribution in [2.24, 2.45) is 0 Å². The molecule has 0 heterocycles. The van der Waals surface area contributed by atoms with E-state index in [1.54, 1.807) is 5.41 Å². The summed E-state index contributed by atoms with van der Waals surface area (Å²) in [6.07, 6.45) is 2.85. The van der Waals surface area contributed by atoms with Crippen LogP contribution in [0, 0.1) is 6.92 Å². The van der Waals surface area contributed by atoms with Gasteiger partial charge in [0.1, 0.15) is 0 Å². The molecule has 0 aliphatic rings. The van der Waals surface area contributed by atoms with Crippen LogP contribution < -0.4 is 0 Å². The van der Waals surface area contributed by atoms with Gasteiger partial charge in [-0.3, -0.25) is 0 Å². The van der Waals surface area contributed by atoms with Gasteiger partial charge in [-0.1, -0.05) is 30.7 Å². The monoisotopic (exact) mass is 194 g/mol. The Kier molecular flexibility index (Phi) is 3.90.